The van der Waals surface area contributed by atoms with Gasteiger partial charge in [0.25, 0.3) is 5.91 Å². The van der Waals surface area contributed by atoms with E-state index < -0.39 is 0 Å². The van der Waals surface area contributed by atoms with Crippen LogP contribution >= 0.6 is 0 Å². The molecule has 2 fully saturated rings. The van der Waals surface area contributed by atoms with E-state index in [0.717, 1.165) is 25.7 Å². The van der Waals surface area contributed by atoms with Crippen molar-refractivity contribution in [1.82, 2.24) is 15.1 Å². The van der Waals surface area contributed by atoms with E-state index in [0.29, 0.717) is 31.7 Å². The molecule has 1 saturated heterocycles. The lowest BCUT2D eigenvalue weighted by Gasteiger charge is -2.36. The Kier molecular flexibility index (Phi) is 5.68. The highest BCUT2D eigenvalue weighted by Crippen LogP contribution is 2.26. The van der Waals surface area contributed by atoms with Gasteiger partial charge in [0, 0.05) is 37.7 Å². The molecule has 3 amide bonds. The number of piperazine rings is 1. The normalized spacial score (nSPS) is 18.2. The molecule has 1 aliphatic heterocycles. The first-order valence-corrected chi connectivity index (χ1v) is 9.05. The number of nitrogens with zero attached hydrogens (tertiary/aromatic N) is 2. The Morgan fingerprint density at radius 2 is 1.52 bits per heavy atom. The van der Waals surface area contributed by atoms with Gasteiger partial charge in [-0.25, -0.2) is 0 Å². The predicted octanol–water partition coefficient (Wildman–Crippen LogP) is 1.28. The first-order valence-electron chi connectivity index (χ1n) is 9.05. The third-order valence-corrected chi connectivity index (χ3v) is 5.08. The zero-order valence-electron chi connectivity index (χ0n) is 14.4. The summed E-state index contributed by atoms with van der Waals surface area (Å²) in [6, 6.07) is 8.85. The number of rotatable bonds is 4. The molecular weight excluding hydrogens is 318 g/mol. The van der Waals surface area contributed by atoms with Crippen molar-refractivity contribution in [3.8, 4) is 0 Å². The van der Waals surface area contributed by atoms with Crippen molar-refractivity contribution in [3.63, 3.8) is 0 Å². The lowest BCUT2D eigenvalue weighted by molar-refractivity contribution is -0.141. The van der Waals surface area contributed by atoms with Gasteiger partial charge in [-0.1, -0.05) is 31.0 Å². The van der Waals surface area contributed by atoms with Crippen molar-refractivity contribution in [2.45, 2.75) is 25.7 Å². The van der Waals surface area contributed by atoms with E-state index in [9.17, 15) is 14.4 Å². The summed E-state index contributed by atoms with van der Waals surface area (Å²) in [4.78, 5) is 40.3. The molecule has 0 bridgehead atoms. The quantitative estimate of drug-likeness (QED) is 0.895. The van der Waals surface area contributed by atoms with Crippen LogP contribution in [-0.2, 0) is 9.59 Å². The molecule has 6 heteroatoms. The van der Waals surface area contributed by atoms with E-state index in [4.69, 9.17) is 0 Å². The largest absolute Gasteiger partial charge is 0.343 e. The minimum absolute atomic E-state index is 0.00962. The molecule has 3 rings (SSSR count). The molecule has 0 atom stereocenters. The van der Waals surface area contributed by atoms with E-state index in [1.807, 2.05) is 11.0 Å². The SMILES string of the molecule is O=C(NCC(=O)N1CCN(C(=O)C2CCCC2)CC1)c1ccccc1. The molecule has 6 nitrogen and oxygen atoms in total. The number of hydrogen-bond donors (Lipinski definition) is 1. The van der Waals surface area contributed by atoms with E-state index in [1.165, 1.54) is 0 Å². The summed E-state index contributed by atoms with van der Waals surface area (Å²) >= 11 is 0. The maximum Gasteiger partial charge on any atom is 0.251 e. The summed E-state index contributed by atoms with van der Waals surface area (Å²) in [7, 11) is 0. The van der Waals surface area contributed by atoms with Gasteiger partial charge in [0.2, 0.25) is 11.8 Å². The third kappa shape index (κ3) is 4.38. The Morgan fingerprint density at radius 3 is 2.16 bits per heavy atom. The Hall–Kier alpha value is -2.37. The van der Waals surface area contributed by atoms with Crippen LogP contribution in [0.15, 0.2) is 30.3 Å². The molecule has 0 radical (unpaired) electrons. The Balaban J connectivity index is 1.42. The molecule has 1 aliphatic carbocycles. The molecule has 1 N–H and O–H groups in total. The van der Waals surface area contributed by atoms with Crippen molar-refractivity contribution in [3.05, 3.63) is 35.9 Å². The second-order valence-corrected chi connectivity index (χ2v) is 6.74. The summed E-state index contributed by atoms with van der Waals surface area (Å²) in [6.45, 7) is 2.25. The van der Waals surface area contributed by atoms with Gasteiger partial charge in [-0.3, -0.25) is 14.4 Å². The summed E-state index contributed by atoms with van der Waals surface area (Å²) < 4.78 is 0. The summed E-state index contributed by atoms with van der Waals surface area (Å²) in [5, 5.41) is 2.66. The highest BCUT2D eigenvalue weighted by atomic mass is 16.2. The fourth-order valence-corrected chi connectivity index (χ4v) is 3.57. The summed E-state index contributed by atoms with van der Waals surface area (Å²) in [5.74, 6) is 0.0932. The zero-order valence-corrected chi connectivity index (χ0v) is 14.4. The second-order valence-electron chi connectivity index (χ2n) is 6.74. The lowest BCUT2D eigenvalue weighted by Crippen LogP contribution is -2.53. The minimum atomic E-state index is -0.246. The van der Waals surface area contributed by atoms with Crippen LogP contribution in [0.2, 0.25) is 0 Å². The molecule has 2 aliphatic rings. The zero-order chi connectivity index (χ0) is 17.6. The van der Waals surface area contributed by atoms with Gasteiger partial charge in [0.1, 0.15) is 0 Å². The highest BCUT2D eigenvalue weighted by Gasteiger charge is 2.30. The average Bonchev–Trinajstić information content (AvgIpc) is 3.21. The smallest absolute Gasteiger partial charge is 0.251 e. The van der Waals surface area contributed by atoms with Crippen LogP contribution in [0.3, 0.4) is 0 Å². The number of nitrogens with one attached hydrogen (secondary N) is 1. The summed E-state index contributed by atoms with van der Waals surface area (Å²) in [6.07, 6.45) is 4.30. The monoisotopic (exact) mass is 343 g/mol. The van der Waals surface area contributed by atoms with Crippen molar-refractivity contribution in [2.75, 3.05) is 32.7 Å². The van der Waals surface area contributed by atoms with Gasteiger partial charge >= 0.3 is 0 Å². The number of benzene rings is 1. The Morgan fingerprint density at radius 1 is 0.920 bits per heavy atom. The van der Waals surface area contributed by atoms with Gasteiger partial charge < -0.3 is 15.1 Å². The van der Waals surface area contributed by atoms with Crippen LogP contribution in [0.5, 0.6) is 0 Å². The average molecular weight is 343 g/mol. The third-order valence-electron chi connectivity index (χ3n) is 5.08. The predicted molar refractivity (Wildman–Crippen MR) is 93.9 cm³/mol. The molecule has 0 spiro atoms. The fraction of sp³-hybridized carbons (Fsp3) is 0.526. The minimum Gasteiger partial charge on any atom is -0.343 e. The van der Waals surface area contributed by atoms with Crippen LogP contribution in [0.4, 0.5) is 0 Å². The first kappa shape index (κ1) is 17.5. The van der Waals surface area contributed by atoms with E-state index in [2.05, 4.69) is 5.32 Å². The maximum atomic E-state index is 12.4. The standard InChI is InChI=1S/C19H25N3O3/c23-17(14-20-18(24)15-6-2-1-3-7-15)21-10-12-22(13-11-21)19(25)16-8-4-5-9-16/h1-3,6-7,16H,4-5,8-14H2,(H,20,24). The number of hydrogen-bond acceptors (Lipinski definition) is 3. The lowest BCUT2D eigenvalue weighted by atomic mass is 10.1. The molecule has 1 heterocycles. The maximum absolute atomic E-state index is 12.4. The van der Waals surface area contributed by atoms with Crippen LogP contribution < -0.4 is 5.32 Å². The van der Waals surface area contributed by atoms with Crippen molar-refractivity contribution in [2.24, 2.45) is 5.92 Å². The van der Waals surface area contributed by atoms with Gasteiger partial charge in [-0.15, -0.1) is 0 Å². The molecule has 134 valence electrons. The van der Waals surface area contributed by atoms with Gasteiger partial charge in [-0.2, -0.15) is 0 Å². The number of carbonyl (C=O) groups excluding carboxylic acids is 3. The topological polar surface area (TPSA) is 69.7 Å². The number of carbonyl (C=O) groups is 3. The first-order chi connectivity index (χ1) is 12.1. The Bertz CT molecular complexity index is 618. The van der Waals surface area contributed by atoms with E-state index >= 15 is 0 Å². The fourth-order valence-electron chi connectivity index (χ4n) is 3.57. The molecular formula is C19H25N3O3. The molecule has 0 unspecified atom stereocenters. The van der Waals surface area contributed by atoms with Crippen LogP contribution in [0.1, 0.15) is 36.0 Å². The molecule has 1 aromatic carbocycles. The highest BCUT2D eigenvalue weighted by molar-refractivity contribution is 5.96. The van der Waals surface area contributed by atoms with E-state index in [1.54, 1.807) is 29.2 Å². The van der Waals surface area contributed by atoms with Gasteiger partial charge in [0.05, 0.1) is 6.54 Å². The summed E-state index contributed by atoms with van der Waals surface area (Å²) in [5.41, 5.74) is 0.544. The van der Waals surface area contributed by atoms with Gasteiger partial charge in [0.15, 0.2) is 0 Å². The molecule has 25 heavy (non-hydrogen) atoms. The van der Waals surface area contributed by atoms with Crippen LogP contribution in [0, 0.1) is 5.92 Å². The Labute approximate surface area is 148 Å². The molecule has 1 aromatic rings. The van der Waals surface area contributed by atoms with Crippen LogP contribution in [-0.4, -0.2) is 60.2 Å². The van der Waals surface area contributed by atoms with Crippen LogP contribution in [0.25, 0.3) is 0 Å². The van der Waals surface area contributed by atoms with E-state index in [-0.39, 0.29) is 30.2 Å². The van der Waals surface area contributed by atoms with Crippen molar-refractivity contribution >= 4 is 17.7 Å². The van der Waals surface area contributed by atoms with Gasteiger partial charge in [-0.05, 0) is 25.0 Å². The van der Waals surface area contributed by atoms with Crippen molar-refractivity contribution < 1.29 is 14.4 Å². The molecule has 0 aromatic heterocycles. The number of amides is 3. The molecule has 1 saturated carbocycles. The van der Waals surface area contributed by atoms with Crippen molar-refractivity contribution in [1.29, 1.82) is 0 Å². The second kappa shape index (κ2) is 8.14.